The van der Waals surface area contributed by atoms with Crippen LogP contribution in [0.4, 0.5) is 0 Å². The molecular weight excluding hydrogens is 340 g/mol. The van der Waals surface area contributed by atoms with E-state index < -0.39 is 10.0 Å². The van der Waals surface area contributed by atoms with Crippen molar-refractivity contribution < 1.29 is 17.9 Å². The fourth-order valence-corrected chi connectivity index (χ4v) is 3.37. The van der Waals surface area contributed by atoms with Crippen molar-refractivity contribution >= 4 is 15.9 Å². The summed E-state index contributed by atoms with van der Waals surface area (Å²) >= 11 is 0. The van der Waals surface area contributed by atoms with E-state index in [0.717, 1.165) is 5.56 Å². The standard InChI is InChI=1S/C18H22N2O4S/c1-3-19-18(21)14-24-16-9-11-17(12-10-16)25(22,23)20(2)13-15-7-5-4-6-8-15/h4-12H,3,13-14H2,1-2H3,(H,19,21). The van der Waals surface area contributed by atoms with Gasteiger partial charge in [-0.15, -0.1) is 0 Å². The number of nitrogens with one attached hydrogen (secondary N) is 1. The van der Waals surface area contributed by atoms with Gasteiger partial charge in [-0.2, -0.15) is 4.31 Å². The van der Waals surface area contributed by atoms with Crippen LogP contribution in [-0.2, 0) is 21.4 Å². The van der Waals surface area contributed by atoms with Crippen LogP contribution in [-0.4, -0.2) is 38.8 Å². The lowest BCUT2D eigenvalue weighted by Gasteiger charge is -2.17. The first-order chi connectivity index (χ1) is 11.9. The molecule has 0 aromatic heterocycles. The number of sulfonamides is 1. The summed E-state index contributed by atoms with van der Waals surface area (Å²) in [4.78, 5) is 11.5. The van der Waals surface area contributed by atoms with Crippen LogP contribution < -0.4 is 10.1 Å². The van der Waals surface area contributed by atoms with Crippen molar-refractivity contribution in [2.45, 2.75) is 18.4 Å². The molecule has 2 rings (SSSR count). The number of hydrogen-bond donors (Lipinski definition) is 1. The van der Waals surface area contributed by atoms with Crippen LogP contribution in [0, 0.1) is 0 Å². The van der Waals surface area contributed by atoms with Gasteiger partial charge in [0.15, 0.2) is 6.61 Å². The van der Waals surface area contributed by atoms with Crippen molar-refractivity contribution in [1.29, 1.82) is 0 Å². The van der Waals surface area contributed by atoms with Crippen LogP contribution in [0.2, 0.25) is 0 Å². The largest absolute Gasteiger partial charge is 0.484 e. The van der Waals surface area contributed by atoms with Gasteiger partial charge in [0.05, 0.1) is 4.90 Å². The fraction of sp³-hybridized carbons (Fsp3) is 0.278. The molecule has 2 aromatic carbocycles. The monoisotopic (exact) mass is 362 g/mol. The lowest BCUT2D eigenvalue weighted by atomic mass is 10.2. The Bertz CT molecular complexity index is 790. The second-order valence-corrected chi connectivity index (χ2v) is 7.51. The van der Waals surface area contributed by atoms with Crippen LogP contribution >= 0.6 is 0 Å². The minimum absolute atomic E-state index is 0.103. The number of nitrogens with zero attached hydrogens (tertiary/aromatic N) is 1. The molecule has 0 aliphatic heterocycles. The van der Waals surface area contributed by atoms with E-state index in [4.69, 9.17) is 4.74 Å². The van der Waals surface area contributed by atoms with Crippen LogP contribution in [0.1, 0.15) is 12.5 Å². The second-order valence-electron chi connectivity index (χ2n) is 5.46. The van der Waals surface area contributed by atoms with Crippen molar-refractivity contribution in [3.8, 4) is 5.75 Å². The van der Waals surface area contributed by atoms with Gasteiger partial charge >= 0.3 is 0 Å². The Morgan fingerprint density at radius 2 is 1.72 bits per heavy atom. The molecule has 0 aliphatic rings. The molecule has 0 atom stereocenters. The van der Waals surface area contributed by atoms with Gasteiger partial charge in [0.1, 0.15) is 5.75 Å². The molecule has 0 radical (unpaired) electrons. The van der Waals surface area contributed by atoms with E-state index >= 15 is 0 Å². The van der Waals surface area contributed by atoms with Crippen molar-refractivity contribution in [1.82, 2.24) is 9.62 Å². The van der Waals surface area contributed by atoms with E-state index in [-0.39, 0.29) is 17.4 Å². The summed E-state index contributed by atoms with van der Waals surface area (Å²) in [6.45, 7) is 2.54. The summed E-state index contributed by atoms with van der Waals surface area (Å²) in [5, 5.41) is 2.62. The quantitative estimate of drug-likeness (QED) is 0.780. The predicted octanol–water partition coefficient (Wildman–Crippen LogP) is 2.02. The van der Waals surface area contributed by atoms with E-state index in [1.807, 2.05) is 37.3 Å². The summed E-state index contributed by atoms with van der Waals surface area (Å²) in [5.74, 6) is 0.220. The average Bonchev–Trinajstić information content (AvgIpc) is 2.61. The fourth-order valence-electron chi connectivity index (χ4n) is 2.21. The lowest BCUT2D eigenvalue weighted by Crippen LogP contribution is -2.28. The molecule has 0 spiro atoms. The van der Waals surface area contributed by atoms with Gasteiger partial charge < -0.3 is 10.1 Å². The number of likely N-dealkylation sites (N-methyl/N-ethyl adjacent to an activating group) is 1. The number of amides is 1. The maximum absolute atomic E-state index is 12.6. The molecule has 0 fully saturated rings. The third-order valence-electron chi connectivity index (χ3n) is 3.52. The Morgan fingerprint density at radius 1 is 1.08 bits per heavy atom. The van der Waals surface area contributed by atoms with E-state index in [9.17, 15) is 13.2 Å². The molecule has 7 heteroatoms. The minimum atomic E-state index is -3.60. The molecule has 6 nitrogen and oxygen atoms in total. The van der Waals surface area contributed by atoms with Crippen LogP contribution in [0.5, 0.6) is 5.75 Å². The summed E-state index contributed by atoms with van der Waals surface area (Å²) in [5.41, 5.74) is 0.912. The number of carbonyl (C=O) groups excluding carboxylic acids is 1. The highest BCUT2D eigenvalue weighted by Crippen LogP contribution is 2.20. The third-order valence-corrected chi connectivity index (χ3v) is 5.34. The van der Waals surface area contributed by atoms with Gasteiger partial charge in [0.25, 0.3) is 5.91 Å². The molecular formula is C18H22N2O4S. The first kappa shape index (κ1) is 19.0. The van der Waals surface area contributed by atoms with E-state index in [1.165, 1.54) is 16.4 Å². The molecule has 2 aromatic rings. The Balaban J connectivity index is 2.03. The molecule has 0 aliphatic carbocycles. The summed E-state index contributed by atoms with van der Waals surface area (Å²) in [7, 11) is -2.05. The van der Waals surface area contributed by atoms with Crippen LogP contribution in [0.25, 0.3) is 0 Å². The summed E-state index contributed by atoms with van der Waals surface area (Å²) in [6.07, 6.45) is 0. The van der Waals surface area contributed by atoms with E-state index in [2.05, 4.69) is 5.32 Å². The Kier molecular flexibility index (Phi) is 6.55. The molecule has 25 heavy (non-hydrogen) atoms. The second kappa shape index (κ2) is 8.64. The van der Waals surface area contributed by atoms with E-state index in [0.29, 0.717) is 18.8 Å². The molecule has 0 saturated heterocycles. The maximum atomic E-state index is 12.6. The zero-order valence-electron chi connectivity index (χ0n) is 14.3. The molecule has 1 amide bonds. The van der Waals surface area contributed by atoms with Crippen molar-refractivity contribution in [3.63, 3.8) is 0 Å². The number of hydrogen-bond acceptors (Lipinski definition) is 4. The SMILES string of the molecule is CCNC(=O)COc1ccc(S(=O)(=O)N(C)Cc2ccccc2)cc1. The van der Waals surface area contributed by atoms with Crippen molar-refractivity contribution in [2.75, 3.05) is 20.2 Å². The van der Waals surface area contributed by atoms with Gasteiger partial charge in [-0.1, -0.05) is 30.3 Å². The normalized spacial score (nSPS) is 11.3. The average molecular weight is 362 g/mol. The number of ether oxygens (including phenoxy) is 1. The smallest absolute Gasteiger partial charge is 0.257 e. The molecule has 0 saturated carbocycles. The number of benzene rings is 2. The highest BCUT2D eigenvalue weighted by molar-refractivity contribution is 7.89. The predicted molar refractivity (Wildman–Crippen MR) is 95.7 cm³/mol. The molecule has 1 N–H and O–H groups in total. The first-order valence-corrected chi connectivity index (χ1v) is 9.37. The van der Waals surface area contributed by atoms with Crippen LogP contribution in [0.3, 0.4) is 0 Å². The minimum Gasteiger partial charge on any atom is -0.484 e. The third kappa shape index (κ3) is 5.30. The lowest BCUT2D eigenvalue weighted by molar-refractivity contribution is -0.122. The highest BCUT2D eigenvalue weighted by Gasteiger charge is 2.20. The highest BCUT2D eigenvalue weighted by atomic mass is 32.2. The summed E-state index contributed by atoms with van der Waals surface area (Å²) < 4.78 is 31.9. The number of rotatable bonds is 8. The first-order valence-electron chi connectivity index (χ1n) is 7.93. The van der Waals surface area contributed by atoms with Crippen molar-refractivity contribution in [2.24, 2.45) is 0 Å². The Morgan fingerprint density at radius 3 is 2.32 bits per heavy atom. The maximum Gasteiger partial charge on any atom is 0.257 e. The zero-order chi connectivity index (χ0) is 18.3. The Hall–Kier alpha value is -2.38. The molecule has 0 bridgehead atoms. The van der Waals surface area contributed by atoms with Gasteiger partial charge in [-0.3, -0.25) is 4.79 Å². The summed E-state index contributed by atoms with van der Waals surface area (Å²) in [6, 6.07) is 15.4. The molecule has 0 unspecified atom stereocenters. The van der Waals surface area contributed by atoms with Crippen molar-refractivity contribution in [3.05, 3.63) is 60.2 Å². The van der Waals surface area contributed by atoms with Gasteiger partial charge in [0.2, 0.25) is 10.0 Å². The van der Waals surface area contributed by atoms with Gasteiger partial charge in [-0.25, -0.2) is 8.42 Å². The topological polar surface area (TPSA) is 75.7 Å². The zero-order valence-corrected chi connectivity index (χ0v) is 15.1. The van der Waals surface area contributed by atoms with E-state index in [1.54, 1.807) is 19.2 Å². The number of carbonyl (C=O) groups is 1. The van der Waals surface area contributed by atoms with Crippen LogP contribution in [0.15, 0.2) is 59.5 Å². The van der Waals surface area contributed by atoms with Gasteiger partial charge in [0, 0.05) is 20.1 Å². The molecule has 0 heterocycles. The van der Waals surface area contributed by atoms with Gasteiger partial charge in [-0.05, 0) is 36.8 Å². The molecule has 134 valence electrons. The Labute approximate surface area is 148 Å².